The van der Waals surface area contributed by atoms with Crippen LogP contribution in [0, 0.1) is 33.6 Å². The fourth-order valence-electron chi connectivity index (χ4n) is 5.14. The van der Waals surface area contributed by atoms with Gasteiger partial charge in [0.2, 0.25) is 15.9 Å². The molecule has 0 bridgehead atoms. The number of aromatic amines is 1. The largest absolute Gasteiger partial charge is 0.361 e. The minimum absolute atomic E-state index is 0.0834. The molecule has 2 aliphatic rings. The van der Waals surface area contributed by atoms with E-state index in [-0.39, 0.29) is 41.3 Å². The molecule has 0 radical (unpaired) electrons. The summed E-state index contributed by atoms with van der Waals surface area (Å²) in [4.78, 5) is 31.1. The van der Waals surface area contributed by atoms with Crippen LogP contribution < -0.4 is 5.32 Å². The molecule has 2 fully saturated rings. The van der Waals surface area contributed by atoms with E-state index in [4.69, 9.17) is 0 Å². The summed E-state index contributed by atoms with van der Waals surface area (Å²) in [5.74, 6) is -0.556. The maximum atomic E-state index is 13.7. The number of likely N-dealkylation sites (tertiary alicyclic amines) is 1. The number of anilines is 1. The molecule has 2 aromatic rings. The Morgan fingerprint density at radius 3 is 2.20 bits per heavy atom. The summed E-state index contributed by atoms with van der Waals surface area (Å²) in [6.45, 7) is 9.29. The zero-order valence-electron chi connectivity index (χ0n) is 21.1. The summed E-state index contributed by atoms with van der Waals surface area (Å²) < 4.78 is 28.8. The summed E-state index contributed by atoms with van der Waals surface area (Å²) in [5, 5.41) is 2.98. The second-order valence-electron chi connectivity index (χ2n) is 9.90. The number of carbonyl (C=O) groups excluding carboxylic acids is 2. The number of benzene rings is 1. The van der Waals surface area contributed by atoms with E-state index in [2.05, 4.69) is 10.3 Å². The Balaban J connectivity index is 1.47. The molecule has 9 heteroatoms. The molecule has 0 unspecified atom stereocenters. The second-order valence-corrected chi connectivity index (χ2v) is 11.8. The molecule has 2 saturated heterocycles. The number of carbonyl (C=O) groups is 2. The third kappa shape index (κ3) is 5.16. The van der Waals surface area contributed by atoms with E-state index in [9.17, 15) is 18.0 Å². The second kappa shape index (κ2) is 10.1. The van der Waals surface area contributed by atoms with E-state index in [1.165, 1.54) is 4.31 Å². The summed E-state index contributed by atoms with van der Waals surface area (Å²) in [6.07, 6.45) is 3.84. The smallest absolute Gasteiger partial charge is 0.257 e. The summed E-state index contributed by atoms with van der Waals surface area (Å²) in [6, 6.07) is 5.81. The molecular formula is C26H36N4O4S. The Kier molecular flexibility index (Phi) is 7.38. The zero-order chi connectivity index (χ0) is 25.3. The van der Waals surface area contributed by atoms with Crippen molar-refractivity contribution in [1.29, 1.82) is 0 Å². The number of hydrogen-bond donors (Lipinski definition) is 2. The van der Waals surface area contributed by atoms with Crippen molar-refractivity contribution in [1.82, 2.24) is 14.2 Å². The Morgan fingerprint density at radius 1 is 0.914 bits per heavy atom. The minimum atomic E-state index is -3.88. The molecular weight excluding hydrogens is 464 g/mol. The van der Waals surface area contributed by atoms with E-state index in [0.717, 1.165) is 36.1 Å². The SMILES string of the molecule is Cc1ccc(NC(=O)C2CCN(S(=O)(=O)c3c(C)[nH]c(C)c3C(=O)N3CCCCC3)CC2)cc1C. The van der Waals surface area contributed by atoms with Crippen LogP contribution in [0.1, 0.15) is 65.0 Å². The number of amides is 2. The number of aryl methyl sites for hydroxylation is 4. The maximum absolute atomic E-state index is 13.7. The molecule has 2 aliphatic heterocycles. The first kappa shape index (κ1) is 25.4. The van der Waals surface area contributed by atoms with Gasteiger partial charge in [0.1, 0.15) is 4.90 Å². The van der Waals surface area contributed by atoms with Gasteiger partial charge in [0, 0.05) is 49.2 Å². The molecule has 1 aromatic heterocycles. The first-order chi connectivity index (χ1) is 16.6. The van der Waals surface area contributed by atoms with E-state index >= 15 is 0 Å². The first-order valence-electron chi connectivity index (χ1n) is 12.5. The molecule has 35 heavy (non-hydrogen) atoms. The van der Waals surface area contributed by atoms with Crippen LogP contribution in [0.2, 0.25) is 0 Å². The highest BCUT2D eigenvalue weighted by molar-refractivity contribution is 7.89. The lowest BCUT2D eigenvalue weighted by Crippen LogP contribution is -2.42. The van der Waals surface area contributed by atoms with Gasteiger partial charge < -0.3 is 15.2 Å². The van der Waals surface area contributed by atoms with Crippen molar-refractivity contribution < 1.29 is 18.0 Å². The molecule has 190 valence electrons. The minimum Gasteiger partial charge on any atom is -0.361 e. The van der Waals surface area contributed by atoms with Crippen molar-refractivity contribution >= 4 is 27.5 Å². The number of aromatic nitrogens is 1. The van der Waals surface area contributed by atoms with Gasteiger partial charge in [0.25, 0.3) is 5.91 Å². The highest BCUT2D eigenvalue weighted by Crippen LogP contribution is 2.31. The number of sulfonamides is 1. The van der Waals surface area contributed by atoms with Gasteiger partial charge in [-0.2, -0.15) is 4.31 Å². The summed E-state index contributed by atoms with van der Waals surface area (Å²) >= 11 is 0. The summed E-state index contributed by atoms with van der Waals surface area (Å²) in [5.41, 5.74) is 4.36. The molecule has 2 N–H and O–H groups in total. The zero-order valence-corrected chi connectivity index (χ0v) is 21.9. The van der Waals surface area contributed by atoms with E-state index in [1.807, 2.05) is 32.0 Å². The number of H-pyrrole nitrogens is 1. The monoisotopic (exact) mass is 500 g/mol. The van der Waals surface area contributed by atoms with Gasteiger partial charge in [0.05, 0.1) is 5.56 Å². The number of nitrogens with zero attached hydrogens (tertiary/aromatic N) is 2. The predicted octanol–water partition coefficient (Wildman–Crippen LogP) is 3.91. The van der Waals surface area contributed by atoms with Gasteiger partial charge in [-0.25, -0.2) is 8.42 Å². The average Bonchev–Trinajstić information content (AvgIpc) is 3.15. The molecule has 4 rings (SSSR count). The Hall–Kier alpha value is -2.65. The normalized spacial score (nSPS) is 18.0. The number of nitrogens with one attached hydrogen (secondary N) is 2. The van der Waals surface area contributed by atoms with Crippen molar-refractivity contribution in [3.05, 3.63) is 46.3 Å². The molecule has 3 heterocycles. The Bertz CT molecular complexity index is 1220. The van der Waals surface area contributed by atoms with Gasteiger partial charge in [-0.1, -0.05) is 6.07 Å². The highest BCUT2D eigenvalue weighted by atomic mass is 32.2. The van der Waals surface area contributed by atoms with Gasteiger partial charge in [-0.3, -0.25) is 9.59 Å². The van der Waals surface area contributed by atoms with Crippen LogP contribution in [-0.2, 0) is 14.8 Å². The van der Waals surface area contributed by atoms with Crippen molar-refractivity contribution in [3.63, 3.8) is 0 Å². The fraction of sp³-hybridized carbons (Fsp3) is 0.538. The van der Waals surface area contributed by atoms with E-state index in [0.29, 0.717) is 37.3 Å². The van der Waals surface area contributed by atoms with Crippen LogP contribution in [0.4, 0.5) is 5.69 Å². The third-order valence-electron chi connectivity index (χ3n) is 7.37. The molecule has 0 aliphatic carbocycles. The number of hydrogen-bond acceptors (Lipinski definition) is 4. The molecule has 8 nitrogen and oxygen atoms in total. The standard InChI is InChI=1S/C26H36N4O4S/c1-17-8-9-22(16-18(17)2)28-25(31)21-10-14-30(15-11-21)35(33,34)24-20(4)27-19(3)23(24)26(32)29-12-6-5-7-13-29/h8-9,16,21,27H,5-7,10-15H2,1-4H3,(H,28,31). The summed E-state index contributed by atoms with van der Waals surface area (Å²) in [7, 11) is -3.88. The average molecular weight is 501 g/mol. The molecule has 0 saturated carbocycles. The van der Waals surface area contributed by atoms with Gasteiger partial charge in [0.15, 0.2) is 0 Å². The lowest BCUT2D eigenvalue weighted by atomic mass is 9.97. The van der Waals surface area contributed by atoms with Crippen LogP contribution in [0.3, 0.4) is 0 Å². The molecule has 0 atom stereocenters. The van der Waals surface area contributed by atoms with Gasteiger partial charge in [-0.15, -0.1) is 0 Å². The van der Waals surface area contributed by atoms with Gasteiger partial charge in [-0.05, 0) is 83.1 Å². The van der Waals surface area contributed by atoms with Crippen LogP contribution in [0.5, 0.6) is 0 Å². The number of piperidine rings is 2. The fourth-order valence-corrected chi connectivity index (χ4v) is 7.03. The first-order valence-corrected chi connectivity index (χ1v) is 13.9. The highest BCUT2D eigenvalue weighted by Gasteiger charge is 2.38. The topological polar surface area (TPSA) is 103 Å². The van der Waals surface area contributed by atoms with Gasteiger partial charge >= 0.3 is 0 Å². The quantitative estimate of drug-likeness (QED) is 0.650. The lowest BCUT2D eigenvalue weighted by molar-refractivity contribution is -0.120. The number of rotatable bonds is 5. The van der Waals surface area contributed by atoms with Crippen molar-refractivity contribution in [3.8, 4) is 0 Å². The van der Waals surface area contributed by atoms with Crippen molar-refractivity contribution in [2.45, 2.75) is 64.7 Å². The maximum Gasteiger partial charge on any atom is 0.257 e. The predicted molar refractivity (Wildman–Crippen MR) is 136 cm³/mol. The van der Waals surface area contributed by atoms with Crippen LogP contribution in [0.15, 0.2) is 23.1 Å². The van der Waals surface area contributed by atoms with Crippen molar-refractivity contribution in [2.75, 3.05) is 31.5 Å². The third-order valence-corrected chi connectivity index (χ3v) is 9.44. The Labute approximate surface area is 208 Å². The van der Waals surface area contributed by atoms with E-state index < -0.39 is 10.0 Å². The van der Waals surface area contributed by atoms with Crippen LogP contribution in [-0.4, -0.2) is 60.6 Å². The van der Waals surface area contributed by atoms with Crippen LogP contribution in [0.25, 0.3) is 0 Å². The Morgan fingerprint density at radius 2 is 1.57 bits per heavy atom. The molecule has 1 aromatic carbocycles. The van der Waals surface area contributed by atoms with Crippen LogP contribution >= 0.6 is 0 Å². The van der Waals surface area contributed by atoms with Crippen molar-refractivity contribution in [2.24, 2.45) is 5.92 Å². The lowest BCUT2D eigenvalue weighted by Gasteiger charge is -2.31. The molecule has 0 spiro atoms. The molecule has 2 amide bonds. The van der Waals surface area contributed by atoms with E-state index in [1.54, 1.807) is 18.7 Å².